The van der Waals surface area contributed by atoms with Crippen LogP contribution in [0.3, 0.4) is 0 Å². The molecule has 0 spiro atoms. The number of nitrogens with one attached hydrogen (secondary N) is 2. The number of nitro groups is 1. The number of aryl methyl sites for hydroxylation is 1. The molecule has 2 N–H and O–H groups in total. The second-order valence-electron chi connectivity index (χ2n) is 6.45. The highest BCUT2D eigenvalue weighted by Gasteiger charge is 2.18. The van der Waals surface area contributed by atoms with Crippen LogP contribution in [0, 0.1) is 17.0 Å². The van der Waals surface area contributed by atoms with Crippen molar-refractivity contribution in [3.8, 4) is 0 Å². The molecule has 0 radical (unpaired) electrons. The number of halogens is 1. The second kappa shape index (κ2) is 8.53. The van der Waals surface area contributed by atoms with Crippen LogP contribution in [-0.4, -0.2) is 21.8 Å². The van der Waals surface area contributed by atoms with E-state index in [1.165, 1.54) is 30.3 Å². The summed E-state index contributed by atoms with van der Waals surface area (Å²) in [5.74, 6) is 0. The van der Waals surface area contributed by atoms with E-state index in [1.807, 2.05) is 0 Å². The van der Waals surface area contributed by atoms with Gasteiger partial charge in [0, 0.05) is 22.8 Å². The summed E-state index contributed by atoms with van der Waals surface area (Å²) >= 11 is 5.92. The number of benzene rings is 3. The molecule has 162 valence electrons. The Labute approximate surface area is 183 Å². The van der Waals surface area contributed by atoms with Crippen LogP contribution in [0.25, 0.3) is 0 Å². The van der Waals surface area contributed by atoms with Gasteiger partial charge in [0.1, 0.15) is 0 Å². The quantitative estimate of drug-likeness (QED) is 0.384. The summed E-state index contributed by atoms with van der Waals surface area (Å²) < 4.78 is 54.9. The smallest absolute Gasteiger partial charge is 0.269 e. The first-order chi connectivity index (χ1) is 14.5. The number of nitrogens with zero attached hydrogens (tertiary/aromatic N) is 1. The molecule has 0 bridgehead atoms. The van der Waals surface area contributed by atoms with E-state index in [2.05, 4.69) is 9.44 Å². The van der Waals surface area contributed by atoms with Crippen LogP contribution < -0.4 is 9.44 Å². The Kier molecular flexibility index (Phi) is 6.20. The molecular weight excluding hydrogens is 466 g/mol. The van der Waals surface area contributed by atoms with E-state index in [4.69, 9.17) is 11.6 Å². The lowest BCUT2D eigenvalue weighted by molar-refractivity contribution is -0.384. The fraction of sp³-hybridized carbons (Fsp3) is 0.0526. The Hall–Kier alpha value is -3.15. The zero-order valence-electron chi connectivity index (χ0n) is 15.9. The van der Waals surface area contributed by atoms with Gasteiger partial charge in [0.05, 0.1) is 20.4 Å². The first kappa shape index (κ1) is 22.5. The fourth-order valence-corrected chi connectivity index (χ4v) is 4.92. The van der Waals surface area contributed by atoms with E-state index in [0.29, 0.717) is 16.3 Å². The molecule has 3 aromatic carbocycles. The van der Waals surface area contributed by atoms with Crippen LogP contribution >= 0.6 is 11.6 Å². The van der Waals surface area contributed by atoms with Gasteiger partial charge in [0.25, 0.3) is 25.7 Å². The molecule has 0 aromatic heterocycles. The van der Waals surface area contributed by atoms with Crippen molar-refractivity contribution >= 4 is 48.7 Å². The minimum absolute atomic E-state index is 0.0786. The summed E-state index contributed by atoms with van der Waals surface area (Å²) in [7, 11) is -7.94. The van der Waals surface area contributed by atoms with Crippen LogP contribution in [0.2, 0.25) is 5.02 Å². The van der Waals surface area contributed by atoms with E-state index < -0.39 is 25.0 Å². The molecular formula is C19H16ClN3O6S2. The van der Waals surface area contributed by atoms with Crippen LogP contribution in [0.4, 0.5) is 17.1 Å². The van der Waals surface area contributed by atoms with Crippen molar-refractivity contribution in [2.45, 2.75) is 16.7 Å². The van der Waals surface area contributed by atoms with E-state index in [0.717, 1.165) is 24.3 Å². The van der Waals surface area contributed by atoms with Gasteiger partial charge in [-0.2, -0.15) is 0 Å². The molecule has 3 rings (SSSR count). The predicted molar refractivity (Wildman–Crippen MR) is 117 cm³/mol. The van der Waals surface area contributed by atoms with Gasteiger partial charge in [-0.15, -0.1) is 0 Å². The average molecular weight is 482 g/mol. The van der Waals surface area contributed by atoms with Gasteiger partial charge in [-0.1, -0.05) is 17.7 Å². The van der Waals surface area contributed by atoms with Crippen molar-refractivity contribution in [3.63, 3.8) is 0 Å². The van der Waals surface area contributed by atoms with Crippen molar-refractivity contribution in [3.05, 3.63) is 87.4 Å². The number of nitro benzene ring substituents is 1. The van der Waals surface area contributed by atoms with E-state index in [9.17, 15) is 26.9 Å². The number of non-ortho nitro benzene ring substituents is 1. The zero-order valence-corrected chi connectivity index (χ0v) is 18.3. The highest BCUT2D eigenvalue weighted by Crippen LogP contribution is 2.25. The maximum Gasteiger partial charge on any atom is 0.269 e. The third-order valence-electron chi connectivity index (χ3n) is 4.22. The van der Waals surface area contributed by atoms with E-state index in [-0.39, 0.29) is 21.2 Å². The molecule has 0 atom stereocenters. The molecule has 0 saturated carbocycles. The SMILES string of the molecule is Cc1ccc(Cl)cc1NS(=O)(=O)c1ccc(NS(=O)(=O)c2ccc([N+](=O)[O-])cc2)cc1. The van der Waals surface area contributed by atoms with Gasteiger partial charge in [-0.05, 0) is 61.0 Å². The number of rotatable bonds is 7. The lowest BCUT2D eigenvalue weighted by Crippen LogP contribution is -2.15. The van der Waals surface area contributed by atoms with Crippen molar-refractivity contribution in [2.24, 2.45) is 0 Å². The normalized spacial score (nSPS) is 11.7. The monoisotopic (exact) mass is 481 g/mol. The second-order valence-corrected chi connectivity index (χ2v) is 10.2. The summed E-state index contributed by atoms with van der Waals surface area (Å²) in [6.07, 6.45) is 0. The Morgan fingerprint density at radius 3 is 1.87 bits per heavy atom. The number of hydrogen-bond acceptors (Lipinski definition) is 6. The summed E-state index contributed by atoms with van der Waals surface area (Å²) in [6.45, 7) is 1.73. The summed E-state index contributed by atoms with van der Waals surface area (Å²) in [4.78, 5) is 9.81. The fourth-order valence-electron chi connectivity index (χ4n) is 2.57. The van der Waals surface area contributed by atoms with Gasteiger partial charge < -0.3 is 0 Å². The topological polar surface area (TPSA) is 135 Å². The van der Waals surface area contributed by atoms with Crippen LogP contribution in [0.5, 0.6) is 0 Å². The molecule has 3 aromatic rings. The van der Waals surface area contributed by atoms with Crippen molar-refractivity contribution in [1.82, 2.24) is 0 Å². The first-order valence-electron chi connectivity index (χ1n) is 8.64. The van der Waals surface area contributed by atoms with E-state index in [1.54, 1.807) is 19.1 Å². The molecule has 0 aliphatic carbocycles. The van der Waals surface area contributed by atoms with Crippen molar-refractivity contribution in [2.75, 3.05) is 9.44 Å². The Bertz CT molecular complexity index is 1340. The minimum atomic E-state index is -4.02. The molecule has 0 heterocycles. The van der Waals surface area contributed by atoms with Crippen molar-refractivity contribution in [1.29, 1.82) is 0 Å². The lowest BCUT2D eigenvalue weighted by atomic mass is 10.2. The molecule has 9 nitrogen and oxygen atoms in total. The van der Waals surface area contributed by atoms with Gasteiger partial charge in [-0.3, -0.25) is 19.6 Å². The third kappa shape index (κ3) is 5.32. The van der Waals surface area contributed by atoms with E-state index >= 15 is 0 Å². The van der Waals surface area contributed by atoms with Gasteiger partial charge in [-0.25, -0.2) is 16.8 Å². The molecule has 31 heavy (non-hydrogen) atoms. The number of sulfonamides is 2. The summed E-state index contributed by atoms with van der Waals surface area (Å²) in [5.41, 5.74) is 0.892. The lowest BCUT2D eigenvalue weighted by Gasteiger charge is -2.12. The first-order valence-corrected chi connectivity index (χ1v) is 12.0. The van der Waals surface area contributed by atoms with Crippen LogP contribution in [0.15, 0.2) is 76.5 Å². The number of hydrogen-bond donors (Lipinski definition) is 2. The highest BCUT2D eigenvalue weighted by atomic mass is 35.5. The Balaban J connectivity index is 1.79. The maximum atomic E-state index is 12.6. The Morgan fingerprint density at radius 2 is 1.32 bits per heavy atom. The van der Waals surface area contributed by atoms with Gasteiger partial charge >= 0.3 is 0 Å². The Morgan fingerprint density at radius 1 is 0.806 bits per heavy atom. The van der Waals surface area contributed by atoms with Crippen molar-refractivity contribution < 1.29 is 21.8 Å². The molecule has 0 amide bonds. The molecule has 0 saturated heterocycles. The average Bonchev–Trinajstić information content (AvgIpc) is 2.71. The highest BCUT2D eigenvalue weighted by molar-refractivity contribution is 7.93. The number of anilines is 2. The summed E-state index contributed by atoms with van der Waals surface area (Å²) in [5, 5.41) is 11.1. The van der Waals surface area contributed by atoms with Crippen LogP contribution in [-0.2, 0) is 20.0 Å². The predicted octanol–water partition coefficient (Wildman–Crippen LogP) is 4.16. The molecule has 0 aliphatic rings. The molecule has 12 heteroatoms. The molecule has 0 unspecified atom stereocenters. The zero-order chi connectivity index (χ0) is 22.8. The standard InChI is InChI=1S/C19H16ClN3O6S2/c1-13-2-3-14(20)12-19(13)22-31(28,29)17-8-4-15(5-9-17)21-30(26,27)18-10-6-16(7-11-18)23(24)25/h2-12,21-22H,1H3. The van der Waals surface area contributed by atoms with Gasteiger partial charge in [0.2, 0.25) is 0 Å². The minimum Gasteiger partial charge on any atom is -0.280 e. The summed E-state index contributed by atoms with van der Waals surface area (Å²) in [6, 6.07) is 14.3. The molecule has 0 fully saturated rings. The maximum absolute atomic E-state index is 12.6. The molecule has 0 aliphatic heterocycles. The third-order valence-corrected chi connectivity index (χ3v) is 7.23. The largest absolute Gasteiger partial charge is 0.280 e. The van der Waals surface area contributed by atoms with Crippen LogP contribution in [0.1, 0.15) is 5.56 Å². The van der Waals surface area contributed by atoms with Gasteiger partial charge in [0.15, 0.2) is 0 Å².